The topological polar surface area (TPSA) is 0 Å². The van der Waals surface area contributed by atoms with Crippen LogP contribution in [-0.4, -0.2) is 27.0 Å². The Morgan fingerprint density at radius 2 is 0.923 bits per heavy atom. The minimum atomic E-state index is -4.62. The number of hydrogen-bond acceptors (Lipinski definition) is 0. The van der Waals surface area contributed by atoms with E-state index in [0.717, 1.165) is 0 Å². The minimum absolute atomic E-state index is 0. The van der Waals surface area contributed by atoms with Crippen molar-refractivity contribution in [3.05, 3.63) is 0 Å². The molecule has 0 spiro atoms. The molecule has 0 fully saturated rings. The van der Waals surface area contributed by atoms with Gasteiger partial charge in [0.15, 0.2) is 6.67 Å². The molecule has 0 heterocycles. The lowest BCUT2D eigenvalue weighted by atomic mass is 10.8. The first-order valence-electron chi connectivity index (χ1n) is 2.10. The van der Waals surface area contributed by atoms with Crippen molar-refractivity contribution < 1.29 is 30.7 Å². The summed E-state index contributed by atoms with van der Waals surface area (Å²) in [6.07, 6.45) is -4.62. The second-order valence-corrected chi connectivity index (χ2v) is 0.850. The summed E-state index contributed by atoms with van der Waals surface area (Å²) in [5, 5.41) is 0. The van der Waals surface area contributed by atoms with E-state index in [1.807, 2.05) is 0 Å². The van der Waals surface area contributed by atoms with Crippen LogP contribution in [0.2, 0.25) is 0 Å². The smallest absolute Gasteiger partial charge is 0.255 e. The van der Waals surface area contributed by atoms with Crippen molar-refractivity contribution in [1.29, 1.82) is 0 Å². The van der Waals surface area contributed by atoms with Gasteiger partial charge in [-0.2, -0.15) is 13.2 Å². The molecule has 0 aliphatic rings. The monoisotopic (exact) mass is 220 g/mol. The summed E-state index contributed by atoms with van der Waals surface area (Å²) in [4.78, 5) is 0. The maximum Gasteiger partial charge on any atom is 0.416 e. The molecule has 0 amide bonds. The lowest BCUT2D eigenvalue weighted by molar-refractivity contribution is -0.142. The lowest BCUT2D eigenvalue weighted by Crippen LogP contribution is -2.08. The molecule has 0 aliphatic heterocycles. The first-order chi connectivity index (χ1) is 4.97. The molecule has 0 rings (SSSR count). The van der Waals surface area contributed by atoms with Crippen LogP contribution in [0.25, 0.3) is 0 Å². The molecule has 0 nitrogen and oxygen atoms in total. The summed E-state index contributed by atoms with van der Waals surface area (Å²) < 4.78 is 70.4. The first-order valence-corrected chi connectivity index (χ1v) is 2.10. The predicted molar refractivity (Wildman–Crippen MR) is 39.6 cm³/mol. The molecule has 0 N–H and O–H groups in total. The van der Waals surface area contributed by atoms with Crippen LogP contribution in [0.5, 0.6) is 0 Å². The van der Waals surface area contributed by atoms with Gasteiger partial charge in [-0.3, -0.25) is 4.39 Å². The van der Waals surface area contributed by atoms with Gasteiger partial charge < -0.3 is 0 Å². The highest BCUT2D eigenvalue weighted by molar-refractivity contribution is 4.39. The second-order valence-electron chi connectivity index (χ2n) is 0.850. The summed E-state index contributed by atoms with van der Waals surface area (Å²) in [6, 6.07) is 0. The van der Waals surface area contributed by atoms with Gasteiger partial charge in [-0.05, 0) is 0 Å². The van der Waals surface area contributed by atoms with E-state index >= 15 is 0 Å². The van der Waals surface area contributed by atoms with Gasteiger partial charge in [0.2, 0.25) is 6.93 Å². The zero-order valence-corrected chi connectivity index (χ0v) is 5.56. The van der Waals surface area contributed by atoms with Crippen molar-refractivity contribution in [3.63, 3.8) is 0 Å². The maximum absolute atomic E-state index is 10.4. The van der Waals surface area contributed by atoms with E-state index in [1.54, 1.807) is 0 Å². The second kappa shape index (κ2) is 22.5. The molecule has 13 heavy (non-hydrogen) atoms. The lowest BCUT2D eigenvalue weighted by Gasteiger charge is -1.93. The van der Waals surface area contributed by atoms with Crippen LogP contribution in [0, 0.1) is 0 Å². The molecule has 0 saturated heterocycles. The van der Waals surface area contributed by atoms with Crippen LogP contribution in [0.4, 0.5) is 30.7 Å². The van der Waals surface area contributed by atoms with E-state index in [2.05, 4.69) is 0 Å². The van der Waals surface area contributed by atoms with E-state index in [9.17, 15) is 30.7 Å². The molecule has 0 bridgehead atoms. The Balaban J connectivity index is -0.0000000268. The third-order valence-corrected chi connectivity index (χ3v) is 0.152. The molecular formula is C6H15F7. The molecule has 0 aromatic heterocycles. The van der Waals surface area contributed by atoms with Gasteiger partial charge >= 0.3 is 6.18 Å². The van der Waals surface area contributed by atoms with Gasteiger partial charge in [0.05, 0.1) is 7.18 Å². The third kappa shape index (κ3) is 165. The quantitative estimate of drug-likeness (QED) is 0.535. The molecule has 0 saturated carbocycles. The maximum atomic E-state index is 10.4. The van der Waals surface area contributed by atoms with Crippen LogP contribution in [0.15, 0.2) is 0 Å². The highest BCUT2D eigenvalue weighted by atomic mass is 19.4. The first kappa shape index (κ1) is 29.4. The Hall–Kier alpha value is -0.490. The standard InChI is InChI=1S/C2H2F4.CH2F2.CH3F.2CH4/c3-1-2(4,5)6;2-1-3;1-2;;/h1H2;1H2;1H3;2*1H4. The molecular weight excluding hydrogens is 205 g/mol. The molecule has 0 aromatic carbocycles. The third-order valence-electron chi connectivity index (χ3n) is 0.152. The Kier molecular flexibility index (Phi) is 51.0. The van der Waals surface area contributed by atoms with Gasteiger partial charge in [-0.1, -0.05) is 14.9 Å². The fourth-order valence-corrected chi connectivity index (χ4v) is 0. The predicted octanol–water partition coefficient (Wildman–Crippen LogP) is 4.26. The van der Waals surface area contributed by atoms with E-state index in [0.29, 0.717) is 7.18 Å². The normalized spacial score (nSPS) is 7.38. The number of halogens is 7. The van der Waals surface area contributed by atoms with Gasteiger partial charge in [0.25, 0.3) is 0 Å². The van der Waals surface area contributed by atoms with Crippen LogP contribution < -0.4 is 0 Å². The van der Waals surface area contributed by atoms with Gasteiger partial charge in [-0.15, -0.1) is 0 Å². The average Bonchev–Trinajstić information content (AvgIpc) is 1.93. The largest absolute Gasteiger partial charge is 0.416 e. The van der Waals surface area contributed by atoms with E-state index in [1.165, 1.54) is 0 Å². The van der Waals surface area contributed by atoms with E-state index in [4.69, 9.17) is 0 Å². The minimum Gasteiger partial charge on any atom is -0.255 e. The van der Waals surface area contributed by atoms with Crippen LogP contribution in [0.3, 0.4) is 0 Å². The van der Waals surface area contributed by atoms with Crippen LogP contribution >= 0.6 is 0 Å². The van der Waals surface area contributed by atoms with Crippen molar-refractivity contribution >= 4 is 0 Å². The Labute approximate surface area is 73.7 Å². The summed E-state index contributed by atoms with van der Waals surface area (Å²) >= 11 is 0. The fraction of sp³-hybridized carbons (Fsp3) is 1.00. The number of hydrogen-bond donors (Lipinski definition) is 0. The summed E-state index contributed by atoms with van der Waals surface area (Å²) in [5.41, 5.74) is 0. The van der Waals surface area contributed by atoms with Crippen molar-refractivity contribution in [1.82, 2.24) is 0 Å². The van der Waals surface area contributed by atoms with Gasteiger partial charge in [0, 0.05) is 0 Å². The van der Waals surface area contributed by atoms with Crippen molar-refractivity contribution in [2.24, 2.45) is 0 Å². The molecule has 0 radical (unpaired) electrons. The van der Waals surface area contributed by atoms with Gasteiger partial charge in [-0.25, -0.2) is 13.2 Å². The van der Waals surface area contributed by atoms with E-state index in [-0.39, 0.29) is 14.9 Å². The summed E-state index contributed by atoms with van der Waals surface area (Å²) in [7, 11) is 0.500. The Bertz CT molecular complexity index is 51.4. The molecule has 7 heteroatoms. The molecule has 0 atom stereocenters. The zero-order valence-electron chi connectivity index (χ0n) is 5.56. The number of rotatable bonds is 0. The SMILES string of the molecule is C.C.CF.FCC(F)(F)F.FCF. The van der Waals surface area contributed by atoms with Crippen LogP contribution in [0.1, 0.15) is 14.9 Å². The zero-order chi connectivity index (χ0) is 9.91. The summed E-state index contributed by atoms with van der Waals surface area (Å²) in [5.74, 6) is 0. The Morgan fingerprint density at radius 1 is 0.846 bits per heavy atom. The number of alkyl halides is 7. The van der Waals surface area contributed by atoms with E-state index < -0.39 is 19.8 Å². The molecule has 88 valence electrons. The average molecular weight is 220 g/mol. The molecule has 0 aliphatic carbocycles. The molecule has 0 unspecified atom stereocenters. The van der Waals surface area contributed by atoms with Crippen LogP contribution in [-0.2, 0) is 0 Å². The van der Waals surface area contributed by atoms with Gasteiger partial charge in [0.1, 0.15) is 0 Å². The Morgan fingerprint density at radius 3 is 0.923 bits per heavy atom. The molecule has 0 aromatic rings. The van der Waals surface area contributed by atoms with Crippen molar-refractivity contribution in [2.75, 3.05) is 20.8 Å². The fourth-order valence-electron chi connectivity index (χ4n) is 0. The highest BCUT2D eigenvalue weighted by Crippen LogP contribution is 2.13. The summed E-state index contributed by atoms with van der Waals surface area (Å²) in [6.45, 7) is -3.98. The van der Waals surface area contributed by atoms with Crippen molar-refractivity contribution in [2.45, 2.75) is 21.0 Å². The van der Waals surface area contributed by atoms with Crippen molar-refractivity contribution in [3.8, 4) is 0 Å². The highest BCUT2D eigenvalue weighted by Gasteiger charge is 2.26.